The van der Waals surface area contributed by atoms with Crippen molar-refractivity contribution in [3.63, 3.8) is 0 Å². The van der Waals surface area contributed by atoms with Crippen LogP contribution in [0.5, 0.6) is 0 Å². The first kappa shape index (κ1) is 13.9. The van der Waals surface area contributed by atoms with Gasteiger partial charge < -0.3 is 30.2 Å². The number of aliphatic hydroxyl groups excluding tert-OH is 2. The van der Waals surface area contributed by atoms with Gasteiger partial charge in [0.05, 0.1) is 6.61 Å². The van der Waals surface area contributed by atoms with Gasteiger partial charge in [-0.3, -0.25) is 4.79 Å². The number of thiazole rings is 1. The average molecular weight is 302 g/mol. The fourth-order valence-corrected chi connectivity index (χ4v) is 3.13. The van der Waals surface area contributed by atoms with Gasteiger partial charge in [0.1, 0.15) is 24.0 Å². The number of carbonyl (C=O) groups is 1. The topological polar surface area (TPSA) is 124 Å². The van der Waals surface area contributed by atoms with Gasteiger partial charge in [-0.15, -0.1) is 11.3 Å². The van der Waals surface area contributed by atoms with E-state index in [1.165, 1.54) is 16.7 Å². The summed E-state index contributed by atoms with van der Waals surface area (Å²) in [5.74, 6) is -1.85. The first-order valence-corrected chi connectivity index (χ1v) is 6.88. The number of hydrogen-bond acceptors (Lipinski definition) is 8. The fourth-order valence-electron chi connectivity index (χ4n) is 2.28. The molecule has 0 radical (unpaired) electrons. The predicted octanol–water partition coefficient (Wildman–Crippen LogP) is -1.09. The van der Waals surface area contributed by atoms with Gasteiger partial charge in [-0.05, 0) is 6.92 Å². The molecule has 3 heterocycles. The van der Waals surface area contributed by atoms with E-state index in [1.807, 2.05) is 0 Å². The second kappa shape index (κ2) is 4.72. The Bertz CT molecular complexity index is 537. The molecule has 9 heteroatoms. The van der Waals surface area contributed by atoms with E-state index in [0.29, 0.717) is 5.01 Å². The maximum absolute atomic E-state index is 11.1. The largest absolute Gasteiger partial charge is 0.394 e. The number of carbonyl (C=O) groups excluding carboxylic acids is 1. The second-order valence-electron chi connectivity index (χ2n) is 4.76. The summed E-state index contributed by atoms with van der Waals surface area (Å²) in [6, 6.07) is 0. The SMILES string of the molecule is C[C@]1(c2nc(C(N)=O)cs2)O[C@H]2O[C@H](CO)[C@H](O)[C@H]2O1. The van der Waals surface area contributed by atoms with Gasteiger partial charge in [-0.1, -0.05) is 0 Å². The van der Waals surface area contributed by atoms with Crippen LogP contribution >= 0.6 is 11.3 Å². The van der Waals surface area contributed by atoms with Crippen LogP contribution in [0.25, 0.3) is 0 Å². The number of fused-ring (bicyclic) bond motifs is 1. The summed E-state index contributed by atoms with van der Waals surface area (Å²) in [5, 5.41) is 20.9. The molecular formula is C11H14N2O6S. The van der Waals surface area contributed by atoms with E-state index in [9.17, 15) is 9.90 Å². The highest BCUT2D eigenvalue weighted by Crippen LogP contribution is 2.43. The maximum Gasteiger partial charge on any atom is 0.268 e. The highest BCUT2D eigenvalue weighted by atomic mass is 32.1. The minimum absolute atomic E-state index is 0.130. The van der Waals surface area contributed by atoms with Gasteiger partial charge in [0.25, 0.3) is 5.91 Å². The van der Waals surface area contributed by atoms with Crippen molar-refractivity contribution in [2.24, 2.45) is 5.73 Å². The highest BCUT2D eigenvalue weighted by Gasteiger charge is 2.57. The van der Waals surface area contributed by atoms with E-state index >= 15 is 0 Å². The summed E-state index contributed by atoms with van der Waals surface area (Å²) in [4.78, 5) is 15.1. The molecule has 0 spiro atoms. The number of aromatic nitrogens is 1. The summed E-state index contributed by atoms with van der Waals surface area (Å²) in [6.07, 6.45) is -3.21. The van der Waals surface area contributed by atoms with Crippen molar-refractivity contribution in [1.29, 1.82) is 0 Å². The number of rotatable bonds is 3. The van der Waals surface area contributed by atoms with Crippen LogP contribution in [-0.2, 0) is 20.0 Å². The van der Waals surface area contributed by atoms with Crippen molar-refractivity contribution in [1.82, 2.24) is 4.98 Å². The Morgan fingerprint density at radius 3 is 2.90 bits per heavy atom. The average Bonchev–Trinajstić information content (AvgIpc) is 3.05. The number of aliphatic hydroxyl groups is 2. The number of nitrogens with zero attached hydrogens (tertiary/aromatic N) is 1. The number of ether oxygens (including phenoxy) is 3. The van der Waals surface area contributed by atoms with Crippen molar-refractivity contribution < 1.29 is 29.2 Å². The van der Waals surface area contributed by atoms with Crippen LogP contribution < -0.4 is 5.73 Å². The number of amides is 1. The molecule has 0 aliphatic carbocycles. The summed E-state index contributed by atoms with van der Waals surface area (Å²) >= 11 is 1.17. The molecule has 0 saturated carbocycles. The van der Waals surface area contributed by atoms with Crippen LogP contribution in [0.2, 0.25) is 0 Å². The first-order valence-electron chi connectivity index (χ1n) is 6.00. The van der Waals surface area contributed by atoms with Crippen LogP contribution in [0.15, 0.2) is 5.38 Å². The first-order chi connectivity index (χ1) is 9.44. The Morgan fingerprint density at radius 1 is 1.60 bits per heavy atom. The molecule has 0 bridgehead atoms. The zero-order valence-corrected chi connectivity index (χ0v) is 11.4. The summed E-state index contributed by atoms with van der Waals surface area (Å²) in [5.41, 5.74) is 5.28. The fraction of sp³-hybridized carbons (Fsp3) is 0.636. The molecule has 1 aromatic rings. The van der Waals surface area contributed by atoms with Gasteiger partial charge in [-0.25, -0.2) is 4.98 Å². The quantitative estimate of drug-likeness (QED) is 0.648. The van der Waals surface area contributed by atoms with Crippen molar-refractivity contribution in [3.05, 3.63) is 16.1 Å². The van der Waals surface area contributed by atoms with E-state index in [4.69, 9.17) is 25.1 Å². The molecule has 2 aliphatic heterocycles. The van der Waals surface area contributed by atoms with Gasteiger partial charge in [0, 0.05) is 5.38 Å². The van der Waals surface area contributed by atoms with Crippen LogP contribution in [0.3, 0.4) is 0 Å². The monoisotopic (exact) mass is 302 g/mol. The Balaban J connectivity index is 1.81. The minimum Gasteiger partial charge on any atom is -0.394 e. The van der Waals surface area contributed by atoms with E-state index in [0.717, 1.165) is 0 Å². The predicted molar refractivity (Wildman–Crippen MR) is 65.7 cm³/mol. The summed E-state index contributed by atoms with van der Waals surface area (Å²) in [6.45, 7) is 1.31. The molecule has 5 atom stereocenters. The Kier molecular flexibility index (Phi) is 3.27. The van der Waals surface area contributed by atoms with E-state index < -0.39 is 36.3 Å². The van der Waals surface area contributed by atoms with Crippen LogP contribution in [0.1, 0.15) is 22.4 Å². The molecule has 2 fully saturated rings. The van der Waals surface area contributed by atoms with Crippen molar-refractivity contribution in [3.8, 4) is 0 Å². The number of nitrogens with two attached hydrogens (primary N) is 1. The molecule has 1 aromatic heterocycles. The molecule has 1 amide bonds. The lowest BCUT2D eigenvalue weighted by Crippen LogP contribution is -2.36. The van der Waals surface area contributed by atoms with Crippen molar-refractivity contribution in [2.75, 3.05) is 6.61 Å². The van der Waals surface area contributed by atoms with Crippen LogP contribution in [0, 0.1) is 0 Å². The summed E-state index contributed by atoms with van der Waals surface area (Å²) < 4.78 is 16.7. The minimum atomic E-state index is -1.21. The normalized spacial score (nSPS) is 40.0. The molecule has 3 rings (SSSR count). The third kappa shape index (κ3) is 2.03. The molecule has 0 unspecified atom stereocenters. The lowest BCUT2D eigenvalue weighted by molar-refractivity contribution is -0.234. The molecular weight excluding hydrogens is 288 g/mol. The number of hydrogen-bond donors (Lipinski definition) is 3. The van der Waals surface area contributed by atoms with E-state index in [1.54, 1.807) is 6.92 Å². The Labute approximate surface area is 118 Å². The van der Waals surface area contributed by atoms with Gasteiger partial charge in [0.2, 0.25) is 5.79 Å². The Morgan fingerprint density at radius 2 is 2.35 bits per heavy atom. The molecule has 2 aliphatic rings. The molecule has 8 nitrogen and oxygen atoms in total. The second-order valence-corrected chi connectivity index (χ2v) is 5.62. The van der Waals surface area contributed by atoms with E-state index in [2.05, 4.69) is 4.98 Å². The molecule has 110 valence electrons. The molecule has 20 heavy (non-hydrogen) atoms. The van der Waals surface area contributed by atoms with Crippen molar-refractivity contribution in [2.45, 2.75) is 37.3 Å². The van der Waals surface area contributed by atoms with Gasteiger partial charge in [0.15, 0.2) is 11.3 Å². The number of primary amides is 1. The zero-order valence-electron chi connectivity index (χ0n) is 10.6. The third-order valence-electron chi connectivity index (χ3n) is 3.32. The third-order valence-corrected chi connectivity index (χ3v) is 4.35. The summed E-state index contributed by atoms with van der Waals surface area (Å²) in [7, 11) is 0. The smallest absolute Gasteiger partial charge is 0.268 e. The lowest BCUT2D eigenvalue weighted by Gasteiger charge is -2.24. The van der Waals surface area contributed by atoms with Gasteiger partial charge >= 0.3 is 0 Å². The van der Waals surface area contributed by atoms with Crippen LogP contribution in [0.4, 0.5) is 0 Å². The van der Waals surface area contributed by atoms with Crippen LogP contribution in [-0.4, -0.2) is 52.3 Å². The Hall–Kier alpha value is -1.10. The van der Waals surface area contributed by atoms with E-state index in [-0.39, 0.29) is 12.3 Å². The molecule has 2 saturated heterocycles. The van der Waals surface area contributed by atoms with Gasteiger partial charge in [-0.2, -0.15) is 0 Å². The van der Waals surface area contributed by atoms with Crippen molar-refractivity contribution >= 4 is 17.2 Å². The molecule has 4 N–H and O–H groups in total. The standard InChI is InChI=1S/C11H14N2O6S/c1-11(10-13-4(3-20-10)8(12)16)18-7-6(15)5(2-14)17-9(7)19-11/h3,5-7,9,14-15H,2H2,1H3,(H2,12,16)/t5-,6+,7-,9-,11-/m1/s1. The zero-order chi connectivity index (χ0) is 14.5. The molecule has 0 aromatic carbocycles. The maximum atomic E-state index is 11.1. The lowest BCUT2D eigenvalue weighted by atomic mass is 10.1. The highest BCUT2D eigenvalue weighted by molar-refractivity contribution is 7.10.